The molecule has 1 heterocycles. The first-order chi connectivity index (χ1) is 13.6. The first-order valence-corrected chi connectivity index (χ1v) is 9.50. The van der Waals surface area contributed by atoms with Crippen LogP contribution in [0.15, 0.2) is 42.5 Å². The normalized spacial score (nSPS) is 11.0. The smallest absolute Gasteiger partial charge is 0.230 e. The molecule has 0 aliphatic heterocycles. The van der Waals surface area contributed by atoms with Crippen molar-refractivity contribution in [2.45, 2.75) is 19.4 Å². The number of aromatic nitrogens is 2. The molecule has 148 valence electrons. The lowest BCUT2D eigenvalue weighted by molar-refractivity contribution is -0.131. The molecule has 0 atom stereocenters. The van der Waals surface area contributed by atoms with E-state index in [-0.39, 0.29) is 12.3 Å². The fraction of sp³-hybridized carbons (Fsp3) is 0.333. The lowest BCUT2D eigenvalue weighted by atomic mass is 10.2. The zero-order chi connectivity index (χ0) is 19.9. The number of fused-ring (bicyclic) bond motifs is 1. The number of amides is 1. The highest BCUT2D eigenvalue weighted by atomic mass is 35.5. The van der Waals surface area contributed by atoms with E-state index in [9.17, 15) is 4.79 Å². The van der Waals surface area contributed by atoms with Gasteiger partial charge in [0, 0.05) is 31.8 Å². The van der Waals surface area contributed by atoms with Gasteiger partial charge in [0.2, 0.25) is 5.91 Å². The van der Waals surface area contributed by atoms with Crippen LogP contribution in [0.3, 0.4) is 0 Å². The molecule has 3 aromatic rings. The van der Waals surface area contributed by atoms with Crippen LogP contribution in [-0.4, -0.2) is 48.1 Å². The van der Waals surface area contributed by atoms with Crippen LogP contribution in [-0.2, 0) is 22.5 Å². The number of methoxy groups -OCH3 is 2. The standard InChI is InChI=1S/C21H24ClN3O3/c1-27-10-4-9-25(14-15-5-3-6-17(11-15)28-2)21(26)13-20-23-18-8-7-16(22)12-19(18)24-20/h3,5-8,11-12H,4,9-10,13-14H2,1-2H3,(H,23,24). The lowest BCUT2D eigenvalue weighted by Gasteiger charge is -2.23. The molecule has 1 aromatic heterocycles. The molecule has 3 rings (SSSR count). The van der Waals surface area contributed by atoms with Crippen molar-refractivity contribution in [3.05, 3.63) is 58.9 Å². The summed E-state index contributed by atoms with van der Waals surface area (Å²) in [5, 5.41) is 0.633. The summed E-state index contributed by atoms with van der Waals surface area (Å²) >= 11 is 6.03. The maximum atomic E-state index is 13.0. The zero-order valence-corrected chi connectivity index (χ0v) is 16.8. The van der Waals surface area contributed by atoms with Gasteiger partial charge >= 0.3 is 0 Å². The number of carbonyl (C=O) groups is 1. The van der Waals surface area contributed by atoms with Crippen molar-refractivity contribution >= 4 is 28.5 Å². The molecular formula is C21H24ClN3O3. The number of rotatable bonds is 9. The van der Waals surface area contributed by atoms with E-state index >= 15 is 0 Å². The largest absolute Gasteiger partial charge is 0.497 e. The Kier molecular flexibility index (Phi) is 6.90. The maximum absolute atomic E-state index is 13.0. The van der Waals surface area contributed by atoms with Crippen LogP contribution in [0.2, 0.25) is 5.02 Å². The molecule has 0 fully saturated rings. The molecule has 1 N–H and O–H groups in total. The fourth-order valence-electron chi connectivity index (χ4n) is 3.06. The quantitative estimate of drug-likeness (QED) is 0.553. The summed E-state index contributed by atoms with van der Waals surface area (Å²) in [5.74, 6) is 1.41. The van der Waals surface area contributed by atoms with E-state index in [1.165, 1.54) is 0 Å². The van der Waals surface area contributed by atoms with Crippen LogP contribution >= 0.6 is 11.6 Å². The summed E-state index contributed by atoms with van der Waals surface area (Å²) in [5.41, 5.74) is 2.64. The molecule has 0 spiro atoms. The summed E-state index contributed by atoms with van der Waals surface area (Å²) < 4.78 is 10.4. The summed E-state index contributed by atoms with van der Waals surface area (Å²) in [6.45, 7) is 1.72. The van der Waals surface area contributed by atoms with Gasteiger partial charge in [-0.05, 0) is 42.3 Å². The molecule has 0 radical (unpaired) electrons. The SMILES string of the molecule is COCCCN(Cc1cccc(OC)c1)C(=O)Cc1nc2ccc(Cl)cc2[nH]1. The van der Waals surface area contributed by atoms with Crippen LogP contribution in [0, 0.1) is 0 Å². The minimum Gasteiger partial charge on any atom is -0.497 e. The summed E-state index contributed by atoms with van der Waals surface area (Å²) in [4.78, 5) is 22.5. The predicted octanol–water partition coefficient (Wildman–Crippen LogP) is 3.83. The molecule has 2 aromatic carbocycles. The highest BCUT2D eigenvalue weighted by molar-refractivity contribution is 6.31. The number of hydrogen-bond acceptors (Lipinski definition) is 4. The summed E-state index contributed by atoms with van der Waals surface area (Å²) in [6, 6.07) is 13.2. The second kappa shape index (κ2) is 9.57. The lowest BCUT2D eigenvalue weighted by Crippen LogP contribution is -2.33. The first kappa shape index (κ1) is 20.2. The minimum absolute atomic E-state index is 0.00377. The third-order valence-electron chi connectivity index (χ3n) is 4.45. The van der Waals surface area contributed by atoms with Crippen molar-refractivity contribution in [1.82, 2.24) is 14.9 Å². The fourth-order valence-corrected chi connectivity index (χ4v) is 3.23. The maximum Gasteiger partial charge on any atom is 0.230 e. The van der Waals surface area contributed by atoms with Crippen molar-refractivity contribution in [1.29, 1.82) is 0 Å². The van der Waals surface area contributed by atoms with Crippen LogP contribution in [0.5, 0.6) is 5.75 Å². The Morgan fingerprint density at radius 3 is 2.86 bits per heavy atom. The first-order valence-electron chi connectivity index (χ1n) is 9.13. The Balaban J connectivity index is 1.74. The Morgan fingerprint density at radius 1 is 1.21 bits per heavy atom. The second-order valence-corrected chi connectivity index (χ2v) is 6.97. The molecule has 28 heavy (non-hydrogen) atoms. The van der Waals surface area contributed by atoms with Crippen molar-refractivity contribution < 1.29 is 14.3 Å². The van der Waals surface area contributed by atoms with Gasteiger partial charge in [0.25, 0.3) is 0 Å². The minimum atomic E-state index is 0.00377. The van der Waals surface area contributed by atoms with Crippen LogP contribution < -0.4 is 4.74 Å². The highest BCUT2D eigenvalue weighted by Gasteiger charge is 2.17. The van der Waals surface area contributed by atoms with Crippen molar-refractivity contribution in [3.63, 3.8) is 0 Å². The topological polar surface area (TPSA) is 67.5 Å². The van der Waals surface area contributed by atoms with E-state index in [0.717, 1.165) is 28.8 Å². The van der Waals surface area contributed by atoms with Crippen LogP contribution in [0.1, 0.15) is 17.8 Å². The molecule has 7 heteroatoms. The van der Waals surface area contributed by atoms with Crippen LogP contribution in [0.4, 0.5) is 0 Å². The average Bonchev–Trinajstić information content (AvgIpc) is 3.08. The molecule has 0 aliphatic rings. The second-order valence-electron chi connectivity index (χ2n) is 6.53. The number of H-pyrrole nitrogens is 1. The van der Waals surface area contributed by atoms with Gasteiger partial charge in [-0.2, -0.15) is 0 Å². The molecule has 0 aliphatic carbocycles. The molecule has 0 bridgehead atoms. The summed E-state index contributed by atoms with van der Waals surface area (Å²) in [7, 11) is 3.29. The van der Waals surface area contributed by atoms with Gasteiger partial charge in [0.05, 0.1) is 24.6 Å². The number of carbonyl (C=O) groups excluding carboxylic acids is 1. The van der Waals surface area contributed by atoms with E-state index in [2.05, 4.69) is 9.97 Å². The third-order valence-corrected chi connectivity index (χ3v) is 4.68. The summed E-state index contributed by atoms with van der Waals surface area (Å²) in [6.07, 6.45) is 0.963. The van der Waals surface area contributed by atoms with Gasteiger partial charge in [-0.3, -0.25) is 4.79 Å². The number of ether oxygens (including phenoxy) is 2. The van der Waals surface area contributed by atoms with Gasteiger partial charge < -0.3 is 19.4 Å². The van der Waals surface area contributed by atoms with E-state index in [4.69, 9.17) is 21.1 Å². The van der Waals surface area contributed by atoms with E-state index < -0.39 is 0 Å². The van der Waals surface area contributed by atoms with Gasteiger partial charge in [0.15, 0.2) is 0 Å². The van der Waals surface area contributed by atoms with E-state index in [1.54, 1.807) is 20.3 Å². The highest BCUT2D eigenvalue weighted by Crippen LogP contribution is 2.19. The Labute approximate surface area is 169 Å². The molecule has 1 amide bonds. The Morgan fingerprint density at radius 2 is 2.07 bits per heavy atom. The monoisotopic (exact) mass is 401 g/mol. The third kappa shape index (κ3) is 5.24. The van der Waals surface area contributed by atoms with Crippen molar-refractivity contribution in [2.24, 2.45) is 0 Å². The number of imidazole rings is 1. The van der Waals surface area contributed by atoms with Gasteiger partial charge in [-0.25, -0.2) is 4.98 Å². The van der Waals surface area contributed by atoms with E-state index in [0.29, 0.717) is 30.5 Å². The molecule has 6 nitrogen and oxygen atoms in total. The molecule has 0 unspecified atom stereocenters. The van der Waals surface area contributed by atoms with E-state index in [1.807, 2.05) is 41.3 Å². The van der Waals surface area contributed by atoms with Gasteiger partial charge in [-0.1, -0.05) is 23.7 Å². The number of benzene rings is 2. The molecular weight excluding hydrogens is 378 g/mol. The zero-order valence-electron chi connectivity index (χ0n) is 16.1. The number of aromatic amines is 1. The Bertz CT molecular complexity index is 942. The van der Waals surface area contributed by atoms with Gasteiger partial charge in [-0.15, -0.1) is 0 Å². The number of nitrogens with one attached hydrogen (secondary N) is 1. The number of hydrogen-bond donors (Lipinski definition) is 1. The molecule has 0 saturated carbocycles. The Hall–Kier alpha value is -2.57. The number of nitrogens with zero attached hydrogens (tertiary/aromatic N) is 2. The van der Waals surface area contributed by atoms with Gasteiger partial charge in [0.1, 0.15) is 11.6 Å². The van der Waals surface area contributed by atoms with Crippen molar-refractivity contribution in [2.75, 3.05) is 27.4 Å². The average molecular weight is 402 g/mol. The van der Waals surface area contributed by atoms with Crippen molar-refractivity contribution in [3.8, 4) is 5.75 Å². The van der Waals surface area contributed by atoms with Crippen LogP contribution in [0.25, 0.3) is 11.0 Å². The molecule has 0 saturated heterocycles. The number of halogens is 1. The predicted molar refractivity (Wildman–Crippen MR) is 110 cm³/mol.